The Hall–Kier alpha value is -1.21. The van der Waals surface area contributed by atoms with Gasteiger partial charge >= 0.3 is 0 Å². The van der Waals surface area contributed by atoms with Gasteiger partial charge in [0.1, 0.15) is 0 Å². The number of fused-ring (bicyclic) bond motifs is 1. The summed E-state index contributed by atoms with van der Waals surface area (Å²) >= 11 is 7.52. The number of amides is 1. The number of thiazole rings is 1. The van der Waals surface area contributed by atoms with E-state index in [1.165, 1.54) is 17.8 Å². The number of ether oxygens (including phenoxy) is 1. The Kier molecular flexibility index (Phi) is 5.22. The zero-order chi connectivity index (χ0) is 17.2. The predicted octanol–water partition coefficient (Wildman–Crippen LogP) is 3.92. The number of aromatic nitrogens is 1. The molecule has 2 fully saturated rings. The number of rotatable bonds is 3. The molecule has 0 unspecified atom stereocenters. The minimum absolute atomic E-state index is 0.0625. The minimum atomic E-state index is -0.0625. The number of hydrogen-bond acceptors (Lipinski definition) is 5. The number of piperidine rings is 1. The minimum Gasteiger partial charge on any atom is -0.381 e. The molecule has 1 N–H and O–H groups in total. The smallest absolute Gasteiger partial charge is 0.243 e. The Morgan fingerprint density at radius 2 is 2.12 bits per heavy atom. The molecule has 2 aromatic rings. The van der Waals surface area contributed by atoms with E-state index in [9.17, 15) is 4.79 Å². The molecule has 3 heterocycles. The molecule has 4 rings (SSSR count). The lowest BCUT2D eigenvalue weighted by molar-refractivity contribution is -0.124. The van der Waals surface area contributed by atoms with Gasteiger partial charge in [-0.1, -0.05) is 29.4 Å². The second-order valence-electron chi connectivity index (χ2n) is 6.71. The van der Waals surface area contributed by atoms with Crippen LogP contribution in [-0.4, -0.2) is 47.6 Å². The molecule has 2 aliphatic rings. The summed E-state index contributed by atoms with van der Waals surface area (Å²) in [4.78, 5) is 19.8. The molecule has 1 aromatic heterocycles. The van der Waals surface area contributed by atoms with Gasteiger partial charge in [-0.2, -0.15) is 0 Å². The van der Waals surface area contributed by atoms with Crippen LogP contribution in [0.15, 0.2) is 18.2 Å². The van der Waals surface area contributed by atoms with Crippen LogP contribution in [0.5, 0.6) is 0 Å². The second-order valence-corrected chi connectivity index (χ2v) is 8.18. The van der Waals surface area contributed by atoms with Crippen molar-refractivity contribution in [3.05, 3.63) is 23.2 Å². The van der Waals surface area contributed by atoms with Crippen molar-refractivity contribution in [2.75, 3.05) is 25.1 Å². The second kappa shape index (κ2) is 7.58. The largest absolute Gasteiger partial charge is 0.381 e. The highest BCUT2D eigenvalue weighted by atomic mass is 35.5. The van der Waals surface area contributed by atoms with Crippen molar-refractivity contribution < 1.29 is 9.53 Å². The number of nitrogens with zero attached hydrogens (tertiary/aromatic N) is 2. The molecule has 1 amide bonds. The number of halogens is 1. The first kappa shape index (κ1) is 17.2. The third kappa shape index (κ3) is 3.82. The molecule has 0 radical (unpaired) electrons. The van der Waals surface area contributed by atoms with Crippen molar-refractivity contribution in [2.24, 2.45) is 0 Å². The maximum absolute atomic E-state index is 12.9. The Balaban J connectivity index is 1.49. The molecule has 1 aromatic carbocycles. The number of likely N-dealkylation sites (tertiary alicyclic amines) is 1. The lowest BCUT2D eigenvalue weighted by atomic mass is 9.96. The summed E-state index contributed by atoms with van der Waals surface area (Å²) < 4.78 is 6.51. The van der Waals surface area contributed by atoms with Gasteiger partial charge in [0.15, 0.2) is 5.13 Å². The molecule has 5 nitrogen and oxygen atoms in total. The number of nitrogens with one attached hydrogen (secondary N) is 1. The summed E-state index contributed by atoms with van der Waals surface area (Å²) in [5, 5.41) is 4.36. The number of carbonyl (C=O) groups is 1. The van der Waals surface area contributed by atoms with E-state index < -0.39 is 0 Å². The van der Waals surface area contributed by atoms with Crippen molar-refractivity contribution in [1.82, 2.24) is 9.88 Å². The normalized spacial score (nSPS) is 23.0. The molecule has 0 spiro atoms. The molecule has 7 heteroatoms. The molecule has 25 heavy (non-hydrogen) atoms. The average molecular weight is 380 g/mol. The van der Waals surface area contributed by atoms with Crippen LogP contribution in [-0.2, 0) is 9.53 Å². The Morgan fingerprint density at radius 1 is 1.28 bits per heavy atom. The zero-order valence-electron chi connectivity index (χ0n) is 14.0. The van der Waals surface area contributed by atoms with E-state index in [1.54, 1.807) is 0 Å². The summed E-state index contributed by atoms with van der Waals surface area (Å²) in [5.41, 5.74) is 0.831. The van der Waals surface area contributed by atoms with Crippen LogP contribution in [0.1, 0.15) is 32.1 Å². The summed E-state index contributed by atoms with van der Waals surface area (Å²) in [6.07, 6.45) is 5.22. The summed E-state index contributed by atoms with van der Waals surface area (Å²) in [6.45, 7) is 2.60. The number of hydrogen-bond donors (Lipinski definition) is 1. The molecule has 2 saturated heterocycles. The van der Waals surface area contributed by atoms with Crippen LogP contribution < -0.4 is 5.32 Å². The number of anilines is 1. The van der Waals surface area contributed by atoms with E-state index in [0.717, 1.165) is 55.7 Å². The Labute approximate surface area is 156 Å². The lowest BCUT2D eigenvalue weighted by Crippen LogP contribution is -2.53. The number of carbonyl (C=O) groups excluding carboxylic acids is 1. The molecule has 2 aliphatic heterocycles. The highest BCUT2D eigenvalue weighted by molar-refractivity contribution is 7.22. The van der Waals surface area contributed by atoms with Crippen LogP contribution >= 0.6 is 22.9 Å². The van der Waals surface area contributed by atoms with Crippen molar-refractivity contribution in [1.29, 1.82) is 0 Å². The molecule has 1 atom stereocenters. The van der Waals surface area contributed by atoms with Gasteiger partial charge in [0.25, 0.3) is 0 Å². The fraction of sp³-hybridized carbons (Fsp3) is 0.556. The predicted molar refractivity (Wildman–Crippen MR) is 101 cm³/mol. The van der Waals surface area contributed by atoms with Crippen LogP contribution in [0.2, 0.25) is 5.02 Å². The van der Waals surface area contributed by atoms with Crippen LogP contribution in [0.3, 0.4) is 0 Å². The highest BCUT2D eigenvalue weighted by Gasteiger charge is 2.34. The van der Waals surface area contributed by atoms with E-state index in [-0.39, 0.29) is 11.9 Å². The van der Waals surface area contributed by atoms with Crippen molar-refractivity contribution >= 4 is 44.2 Å². The van der Waals surface area contributed by atoms with Gasteiger partial charge < -0.3 is 10.1 Å². The summed E-state index contributed by atoms with van der Waals surface area (Å²) in [5.74, 6) is 0.0661. The van der Waals surface area contributed by atoms with Gasteiger partial charge in [-0.05, 0) is 50.4 Å². The topological polar surface area (TPSA) is 54.5 Å². The summed E-state index contributed by atoms with van der Waals surface area (Å²) in [7, 11) is 0. The third-order valence-electron chi connectivity index (χ3n) is 5.09. The van der Waals surface area contributed by atoms with E-state index in [0.29, 0.717) is 16.2 Å². The fourth-order valence-electron chi connectivity index (χ4n) is 3.83. The quantitative estimate of drug-likeness (QED) is 0.878. The van der Waals surface area contributed by atoms with Crippen LogP contribution in [0, 0.1) is 0 Å². The SMILES string of the molecule is O=C(Nc1nc2cc(Cl)ccc2s1)[C@@H]1CCCCN1C1CCOCC1. The Bertz CT molecular complexity index is 760. The van der Waals surface area contributed by atoms with E-state index in [4.69, 9.17) is 16.3 Å². The molecular weight excluding hydrogens is 358 g/mol. The number of benzene rings is 1. The van der Waals surface area contributed by atoms with Gasteiger partial charge in [0.05, 0.1) is 16.3 Å². The maximum atomic E-state index is 12.9. The zero-order valence-corrected chi connectivity index (χ0v) is 15.6. The monoisotopic (exact) mass is 379 g/mol. The fourth-order valence-corrected chi connectivity index (χ4v) is 4.85. The van der Waals surface area contributed by atoms with Crippen molar-refractivity contribution in [3.8, 4) is 0 Å². The highest BCUT2D eigenvalue weighted by Crippen LogP contribution is 2.30. The van der Waals surface area contributed by atoms with Gasteiger partial charge in [-0.3, -0.25) is 9.69 Å². The first-order valence-electron chi connectivity index (χ1n) is 8.91. The van der Waals surface area contributed by atoms with Gasteiger partial charge in [-0.25, -0.2) is 4.98 Å². The van der Waals surface area contributed by atoms with Crippen LogP contribution in [0.4, 0.5) is 5.13 Å². The molecule has 134 valence electrons. The molecular formula is C18H22ClN3O2S. The molecule has 0 aliphatic carbocycles. The first-order chi connectivity index (χ1) is 12.2. The standard InChI is InChI=1S/C18H22ClN3O2S/c19-12-4-5-16-14(11-12)20-18(25-16)21-17(23)15-3-1-2-8-22(15)13-6-9-24-10-7-13/h4-5,11,13,15H,1-3,6-10H2,(H,20,21,23)/t15-/m0/s1. The first-order valence-corrected chi connectivity index (χ1v) is 10.1. The van der Waals surface area contributed by atoms with Gasteiger partial charge in [-0.15, -0.1) is 0 Å². The average Bonchev–Trinajstić information content (AvgIpc) is 3.03. The van der Waals surface area contributed by atoms with E-state index in [1.807, 2.05) is 18.2 Å². The van der Waals surface area contributed by atoms with Crippen LogP contribution in [0.25, 0.3) is 10.2 Å². The van der Waals surface area contributed by atoms with Gasteiger partial charge in [0.2, 0.25) is 5.91 Å². The van der Waals surface area contributed by atoms with E-state index in [2.05, 4.69) is 15.2 Å². The Morgan fingerprint density at radius 3 is 2.96 bits per heavy atom. The summed E-state index contributed by atoms with van der Waals surface area (Å²) in [6, 6.07) is 6.02. The van der Waals surface area contributed by atoms with E-state index >= 15 is 0 Å². The van der Waals surface area contributed by atoms with Crippen molar-refractivity contribution in [3.63, 3.8) is 0 Å². The molecule has 0 bridgehead atoms. The van der Waals surface area contributed by atoms with Crippen molar-refractivity contribution in [2.45, 2.75) is 44.2 Å². The van der Waals surface area contributed by atoms with Gasteiger partial charge in [0, 0.05) is 24.3 Å². The lowest BCUT2D eigenvalue weighted by Gasteiger charge is -2.41. The molecule has 0 saturated carbocycles. The third-order valence-corrected chi connectivity index (χ3v) is 6.27. The maximum Gasteiger partial charge on any atom is 0.243 e.